The number of hydrogen-bond acceptors (Lipinski definition) is 2. The molecule has 2 fully saturated rings. The van der Waals surface area contributed by atoms with Crippen molar-refractivity contribution in [1.29, 1.82) is 0 Å². The molecule has 2 aliphatic heterocycles. The molecule has 2 bridgehead atoms. The van der Waals surface area contributed by atoms with Crippen LogP contribution in [0.2, 0.25) is 0 Å². The summed E-state index contributed by atoms with van der Waals surface area (Å²) in [6.45, 7) is 6.70. The molecule has 0 N–H and O–H groups in total. The van der Waals surface area contributed by atoms with Crippen molar-refractivity contribution in [2.75, 3.05) is 0 Å². The summed E-state index contributed by atoms with van der Waals surface area (Å²) in [6.07, 6.45) is 4.54. The van der Waals surface area contributed by atoms with Crippen LogP contribution in [0.15, 0.2) is 42.5 Å². The number of benzene rings is 1. The van der Waals surface area contributed by atoms with E-state index in [1.54, 1.807) is 0 Å². The number of fused-ring (bicyclic) bond motifs is 2. The lowest BCUT2D eigenvalue weighted by molar-refractivity contribution is -0.121. The molecule has 20 heavy (non-hydrogen) atoms. The Kier molecular flexibility index (Phi) is 3.75. The SMILES string of the molecule is C=C(C)C(=O)C1CC2CCC(C1)N2Cc1ccccc1. The van der Waals surface area contributed by atoms with Crippen molar-refractivity contribution in [1.82, 2.24) is 4.90 Å². The second-order valence-electron chi connectivity index (χ2n) is 6.36. The second kappa shape index (κ2) is 5.53. The van der Waals surface area contributed by atoms with Crippen LogP contribution in [0.3, 0.4) is 0 Å². The first kappa shape index (κ1) is 13.6. The summed E-state index contributed by atoms with van der Waals surface area (Å²) < 4.78 is 0. The smallest absolute Gasteiger partial charge is 0.161 e. The topological polar surface area (TPSA) is 20.3 Å². The van der Waals surface area contributed by atoms with Crippen LogP contribution in [-0.2, 0) is 11.3 Å². The average Bonchev–Trinajstić information content (AvgIpc) is 2.70. The van der Waals surface area contributed by atoms with Crippen molar-refractivity contribution in [3.05, 3.63) is 48.0 Å². The number of carbonyl (C=O) groups excluding carboxylic acids is 1. The number of Topliss-reactive ketones (excluding diaryl/α,β-unsaturated/α-hetero) is 1. The number of hydrogen-bond donors (Lipinski definition) is 0. The maximum absolute atomic E-state index is 12.2. The van der Waals surface area contributed by atoms with Crippen LogP contribution in [0, 0.1) is 5.92 Å². The Morgan fingerprint density at radius 1 is 1.20 bits per heavy atom. The standard InChI is InChI=1S/C18H23NO/c1-13(2)18(20)15-10-16-8-9-17(11-15)19(16)12-14-6-4-3-5-7-14/h3-7,15-17H,1,8-12H2,2H3. The summed E-state index contributed by atoms with van der Waals surface area (Å²) in [7, 11) is 0. The van der Waals surface area contributed by atoms with Crippen LogP contribution in [0.25, 0.3) is 0 Å². The highest BCUT2D eigenvalue weighted by molar-refractivity contribution is 5.96. The molecule has 1 aromatic rings. The third-order valence-corrected chi connectivity index (χ3v) is 4.88. The minimum atomic E-state index is 0.219. The van der Waals surface area contributed by atoms with Crippen LogP contribution in [0.1, 0.15) is 38.2 Å². The Morgan fingerprint density at radius 3 is 2.35 bits per heavy atom. The molecule has 2 saturated heterocycles. The van der Waals surface area contributed by atoms with E-state index >= 15 is 0 Å². The second-order valence-corrected chi connectivity index (χ2v) is 6.36. The van der Waals surface area contributed by atoms with E-state index in [4.69, 9.17) is 0 Å². The Bertz CT molecular complexity index is 493. The summed E-state index contributed by atoms with van der Waals surface area (Å²) in [6, 6.07) is 11.8. The number of nitrogens with zero attached hydrogens (tertiary/aromatic N) is 1. The molecule has 2 heterocycles. The molecule has 0 radical (unpaired) electrons. The molecule has 2 aliphatic rings. The fourth-order valence-corrected chi connectivity index (χ4v) is 3.89. The van der Waals surface area contributed by atoms with Gasteiger partial charge in [-0.25, -0.2) is 0 Å². The first-order valence-electron chi connectivity index (χ1n) is 7.64. The van der Waals surface area contributed by atoms with Crippen molar-refractivity contribution < 1.29 is 4.79 Å². The fraction of sp³-hybridized carbons (Fsp3) is 0.500. The average molecular weight is 269 g/mol. The zero-order chi connectivity index (χ0) is 14.1. The first-order chi connectivity index (χ1) is 9.65. The van der Waals surface area contributed by atoms with Gasteiger partial charge in [-0.3, -0.25) is 9.69 Å². The molecular weight excluding hydrogens is 246 g/mol. The quantitative estimate of drug-likeness (QED) is 0.779. The van der Waals surface area contributed by atoms with Gasteiger partial charge in [0.2, 0.25) is 0 Å². The molecule has 0 aliphatic carbocycles. The van der Waals surface area contributed by atoms with E-state index in [9.17, 15) is 4.79 Å². The normalized spacial score (nSPS) is 29.4. The third-order valence-electron chi connectivity index (χ3n) is 4.88. The van der Waals surface area contributed by atoms with Crippen molar-refractivity contribution in [3.63, 3.8) is 0 Å². The van der Waals surface area contributed by atoms with Crippen LogP contribution >= 0.6 is 0 Å². The van der Waals surface area contributed by atoms with Gasteiger partial charge in [0.1, 0.15) is 0 Å². The van der Waals surface area contributed by atoms with Gasteiger partial charge in [-0.2, -0.15) is 0 Å². The lowest BCUT2D eigenvalue weighted by Crippen LogP contribution is -2.44. The molecule has 0 amide bonds. The third kappa shape index (κ3) is 2.57. The molecule has 3 rings (SSSR count). The van der Waals surface area contributed by atoms with Gasteiger partial charge in [-0.15, -0.1) is 0 Å². The monoisotopic (exact) mass is 269 g/mol. The Labute approximate surface area is 121 Å². The molecule has 2 nitrogen and oxygen atoms in total. The Hall–Kier alpha value is -1.41. The predicted octanol–water partition coefficient (Wildman–Crippen LogP) is 3.57. The van der Waals surface area contributed by atoms with Gasteiger partial charge in [-0.1, -0.05) is 36.9 Å². The van der Waals surface area contributed by atoms with E-state index in [0.29, 0.717) is 17.9 Å². The van der Waals surface area contributed by atoms with Crippen molar-refractivity contribution in [2.45, 2.75) is 51.2 Å². The zero-order valence-corrected chi connectivity index (χ0v) is 12.2. The van der Waals surface area contributed by atoms with Gasteiger partial charge >= 0.3 is 0 Å². The lowest BCUT2D eigenvalue weighted by Gasteiger charge is -2.38. The van der Waals surface area contributed by atoms with E-state index in [0.717, 1.165) is 25.0 Å². The van der Waals surface area contributed by atoms with Crippen LogP contribution in [0.4, 0.5) is 0 Å². The van der Waals surface area contributed by atoms with E-state index in [2.05, 4.69) is 41.8 Å². The molecule has 2 heteroatoms. The van der Waals surface area contributed by atoms with Crippen LogP contribution < -0.4 is 0 Å². The summed E-state index contributed by atoms with van der Waals surface area (Å²) in [4.78, 5) is 14.8. The van der Waals surface area contributed by atoms with Crippen molar-refractivity contribution in [2.24, 2.45) is 5.92 Å². The van der Waals surface area contributed by atoms with Gasteiger partial charge in [0.25, 0.3) is 0 Å². The zero-order valence-electron chi connectivity index (χ0n) is 12.2. The van der Waals surface area contributed by atoms with E-state index in [-0.39, 0.29) is 5.92 Å². The molecular formula is C18H23NO. The number of ketones is 1. The minimum absolute atomic E-state index is 0.219. The maximum Gasteiger partial charge on any atom is 0.161 e. The molecule has 1 aromatic carbocycles. The highest BCUT2D eigenvalue weighted by Crippen LogP contribution is 2.40. The van der Waals surface area contributed by atoms with Gasteiger partial charge < -0.3 is 0 Å². The van der Waals surface area contributed by atoms with Crippen LogP contribution in [-0.4, -0.2) is 22.8 Å². The van der Waals surface area contributed by atoms with Gasteiger partial charge in [0, 0.05) is 24.5 Å². The lowest BCUT2D eigenvalue weighted by atomic mass is 9.85. The van der Waals surface area contributed by atoms with E-state index in [1.807, 2.05) is 6.92 Å². The van der Waals surface area contributed by atoms with E-state index < -0.39 is 0 Å². The molecule has 2 unspecified atom stereocenters. The highest BCUT2D eigenvalue weighted by atomic mass is 16.1. The number of carbonyl (C=O) groups is 1. The summed E-state index contributed by atoms with van der Waals surface area (Å²) in [5.41, 5.74) is 2.11. The van der Waals surface area contributed by atoms with Gasteiger partial charge in [0.05, 0.1) is 0 Å². The molecule has 0 spiro atoms. The van der Waals surface area contributed by atoms with Crippen molar-refractivity contribution in [3.8, 4) is 0 Å². The molecule has 0 saturated carbocycles. The van der Waals surface area contributed by atoms with Gasteiger partial charge in [0.15, 0.2) is 5.78 Å². The first-order valence-corrected chi connectivity index (χ1v) is 7.64. The highest BCUT2D eigenvalue weighted by Gasteiger charge is 2.42. The van der Waals surface area contributed by atoms with Gasteiger partial charge in [-0.05, 0) is 43.7 Å². The summed E-state index contributed by atoms with van der Waals surface area (Å²) in [5.74, 6) is 0.512. The predicted molar refractivity (Wildman–Crippen MR) is 81.3 cm³/mol. The number of piperidine rings is 1. The largest absolute Gasteiger partial charge is 0.294 e. The number of rotatable bonds is 4. The maximum atomic E-state index is 12.2. The molecule has 0 aromatic heterocycles. The van der Waals surface area contributed by atoms with E-state index in [1.165, 1.54) is 18.4 Å². The Morgan fingerprint density at radius 2 is 1.80 bits per heavy atom. The fourth-order valence-electron chi connectivity index (χ4n) is 3.89. The minimum Gasteiger partial charge on any atom is -0.294 e. The summed E-state index contributed by atoms with van der Waals surface area (Å²) in [5, 5.41) is 0. The summed E-state index contributed by atoms with van der Waals surface area (Å²) >= 11 is 0. The van der Waals surface area contributed by atoms with Crippen LogP contribution in [0.5, 0.6) is 0 Å². The van der Waals surface area contributed by atoms with Crippen molar-refractivity contribution >= 4 is 5.78 Å². The Balaban J connectivity index is 1.69. The molecule has 106 valence electrons. The molecule has 2 atom stereocenters. The number of allylic oxidation sites excluding steroid dienone is 1.